The van der Waals surface area contributed by atoms with E-state index in [1.165, 1.54) is 44.9 Å². The largest absolute Gasteiger partial charge is 0.392 e. The number of allylic oxidation sites excluding steroid dienone is 1. The lowest BCUT2D eigenvalue weighted by atomic mass is 9.86. The van der Waals surface area contributed by atoms with Gasteiger partial charge in [0.15, 0.2) is 0 Å². The summed E-state index contributed by atoms with van der Waals surface area (Å²) in [5, 5.41) is 8.53. The number of aliphatic hydroxyl groups excluding tert-OH is 1. The van der Waals surface area contributed by atoms with Crippen LogP contribution in [0.25, 0.3) is 0 Å². The highest BCUT2D eigenvalue weighted by Crippen LogP contribution is 2.27. The molecule has 0 amide bonds. The first-order valence-electron chi connectivity index (χ1n) is 5.69. The van der Waals surface area contributed by atoms with Crippen LogP contribution in [0.2, 0.25) is 0 Å². The Balaban J connectivity index is 1.95. The van der Waals surface area contributed by atoms with Gasteiger partial charge >= 0.3 is 0 Å². The van der Waals surface area contributed by atoms with Gasteiger partial charge in [0.05, 0.1) is 6.61 Å². The van der Waals surface area contributed by atoms with Gasteiger partial charge in [0.1, 0.15) is 0 Å². The zero-order valence-electron chi connectivity index (χ0n) is 8.54. The number of rotatable bonds is 5. The SMILES string of the molecule is OC/C=C/CCCC1CCCCC1. The van der Waals surface area contributed by atoms with Gasteiger partial charge in [0.25, 0.3) is 0 Å². The summed E-state index contributed by atoms with van der Waals surface area (Å²) in [6.45, 7) is 0.198. The molecule has 1 rings (SSSR count). The van der Waals surface area contributed by atoms with Crippen LogP contribution < -0.4 is 0 Å². The van der Waals surface area contributed by atoms with Gasteiger partial charge in [-0.1, -0.05) is 50.7 Å². The zero-order chi connectivity index (χ0) is 9.36. The van der Waals surface area contributed by atoms with Crippen LogP contribution in [0.1, 0.15) is 51.4 Å². The maximum absolute atomic E-state index is 8.53. The summed E-state index contributed by atoms with van der Waals surface area (Å²) in [5.74, 6) is 1.01. The monoisotopic (exact) mass is 182 g/mol. The molecule has 0 aliphatic heterocycles. The van der Waals surface area contributed by atoms with Gasteiger partial charge in [-0.25, -0.2) is 0 Å². The van der Waals surface area contributed by atoms with E-state index < -0.39 is 0 Å². The van der Waals surface area contributed by atoms with Crippen LogP contribution in [0.3, 0.4) is 0 Å². The van der Waals surface area contributed by atoms with Gasteiger partial charge in [-0.2, -0.15) is 0 Å². The molecule has 0 saturated heterocycles. The molecule has 0 spiro atoms. The van der Waals surface area contributed by atoms with Crippen molar-refractivity contribution in [3.8, 4) is 0 Å². The fraction of sp³-hybridized carbons (Fsp3) is 0.833. The molecule has 1 saturated carbocycles. The van der Waals surface area contributed by atoms with Crippen LogP contribution in [0.5, 0.6) is 0 Å². The van der Waals surface area contributed by atoms with Crippen LogP contribution in [0, 0.1) is 5.92 Å². The molecule has 76 valence electrons. The average Bonchev–Trinajstić information content (AvgIpc) is 2.19. The molecule has 0 unspecified atom stereocenters. The van der Waals surface area contributed by atoms with E-state index in [4.69, 9.17) is 5.11 Å². The molecule has 1 nitrogen and oxygen atoms in total. The summed E-state index contributed by atoms with van der Waals surface area (Å²) in [7, 11) is 0. The van der Waals surface area contributed by atoms with Crippen LogP contribution in [-0.4, -0.2) is 11.7 Å². The zero-order valence-corrected chi connectivity index (χ0v) is 8.54. The third kappa shape index (κ3) is 5.09. The van der Waals surface area contributed by atoms with E-state index in [2.05, 4.69) is 6.08 Å². The molecule has 1 aliphatic carbocycles. The van der Waals surface area contributed by atoms with Crippen molar-refractivity contribution in [1.82, 2.24) is 0 Å². The van der Waals surface area contributed by atoms with Gasteiger partial charge in [-0.05, 0) is 18.8 Å². The second-order valence-electron chi connectivity index (χ2n) is 4.09. The Bertz CT molecular complexity index is 134. The summed E-state index contributed by atoms with van der Waals surface area (Å²) in [6.07, 6.45) is 15.1. The minimum Gasteiger partial charge on any atom is -0.392 e. The van der Waals surface area contributed by atoms with Crippen LogP contribution in [0.4, 0.5) is 0 Å². The summed E-state index contributed by atoms with van der Waals surface area (Å²) in [4.78, 5) is 0. The lowest BCUT2D eigenvalue weighted by Gasteiger charge is -2.20. The maximum Gasteiger partial charge on any atom is 0.0612 e. The minimum absolute atomic E-state index is 0.198. The topological polar surface area (TPSA) is 20.2 Å². The Morgan fingerprint density at radius 2 is 1.85 bits per heavy atom. The third-order valence-electron chi connectivity index (χ3n) is 2.98. The van der Waals surface area contributed by atoms with Crippen molar-refractivity contribution in [3.05, 3.63) is 12.2 Å². The molecule has 0 radical (unpaired) electrons. The molecule has 1 fully saturated rings. The second kappa shape index (κ2) is 7.14. The van der Waals surface area contributed by atoms with E-state index in [0.29, 0.717) is 0 Å². The Labute approximate surface area is 81.9 Å². The molecule has 0 aromatic rings. The maximum atomic E-state index is 8.53. The summed E-state index contributed by atoms with van der Waals surface area (Å²) < 4.78 is 0. The van der Waals surface area contributed by atoms with Gasteiger partial charge in [-0.3, -0.25) is 0 Å². The van der Waals surface area contributed by atoms with E-state index in [-0.39, 0.29) is 6.61 Å². The summed E-state index contributed by atoms with van der Waals surface area (Å²) in [5.41, 5.74) is 0. The van der Waals surface area contributed by atoms with Crippen molar-refractivity contribution in [2.24, 2.45) is 5.92 Å². The Kier molecular flexibility index (Phi) is 5.92. The van der Waals surface area contributed by atoms with Crippen molar-refractivity contribution in [2.75, 3.05) is 6.61 Å². The Morgan fingerprint density at radius 1 is 1.08 bits per heavy atom. The average molecular weight is 182 g/mol. The normalized spacial score (nSPS) is 19.8. The fourth-order valence-electron chi connectivity index (χ4n) is 2.19. The lowest BCUT2D eigenvalue weighted by Crippen LogP contribution is -2.05. The standard InChI is InChI=1S/C12H22O/c13-11-7-2-1-4-8-12-9-5-3-6-10-12/h2,7,12-13H,1,3-6,8-11H2/b7-2+. The molecule has 1 N–H and O–H groups in total. The molecular formula is C12H22O. The van der Waals surface area contributed by atoms with Gasteiger partial charge in [0.2, 0.25) is 0 Å². The lowest BCUT2D eigenvalue weighted by molar-refractivity contribution is 0.332. The van der Waals surface area contributed by atoms with Crippen molar-refractivity contribution in [3.63, 3.8) is 0 Å². The Morgan fingerprint density at radius 3 is 2.54 bits per heavy atom. The van der Waals surface area contributed by atoms with E-state index in [1.54, 1.807) is 0 Å². The van der Waals surface area contributed by atoms with Crippen LogP contribution in [0.15, 0.2) is 12.2 Å². The molecule has 1 aliphatic rings. The smallest absolute Gasteiger partial charge is 0.0612 e. The predicted octanol–water partition coefficient (Wildman–Crippen LogP) is 3.29. The predicted molar refractivity (Wildman–Crippen MR) is 56.7 cm³/mol. The van der Waals surface area contributed by atoms with Crippen LogP contribution in [-0.2, 0) is 0 Å². The number of hydrogen-bond acceptors (Lipinski definition) is 1. The molecular weight excluding hydrogens is 160 g/mol. The molecule has 0 heterocycles. The third-order valence-corrected chi connectivity index (χ3v) is 2.98. The highest BCUT2D eigenvalue weighted by Gasteiger charge is 2.11. The van der Waals surface area contributed by atoms with Crippen LogP contribution >= 0.6 is 0 Å². The van der Waals surface area contributed by atoms with E-state index in [0.717, 1.165) is 12.3 Å². The summed E-state index contributed by atoms with van der Waals surface area (Å²) in [6, 6.07) is 0. The van der Waals surface area contributed by atoms with Gasteiger partial charge < -0.3 is 5.11 Å². The Hall–Kier alpha value is -0.300. The first-order chi connectivity index (χ1) is 6.43. The summed E-state index contributed by atoms with van der Waals surface area (Å²) >= 11 is 0. The van der Waals surface area contributed by atoms with E-state index >= 15 is 0 Å². The van der Waals surface area contributed by atoms with Crippen molar-refractivity contribution < 1.29 is 5.11 Å². The molecule has 0 atom stereocenters. The molecule has 13 heavy (non-hydrogen) atoms. The van der Waals surface area contributed by atoms with E-state index in [1.807, 2.05) is 6.08 Å². The van der Waals surface area contributed by atoms with Crippen molar-refractivity contribution in [2.45, 2.75) is 51.4 Å². The van der Waals surface area contributed by atoms with Gasteiger partial charge in [-0.15, -0.1) is 0 Å². The first-order valence-corrected chi connectivity index (χ1v) is 5.69. The molecule has 0 bridgehead atoms. The van der Waals surface area contributed by atoms with Crippen molar-refractivity contribution in [1.29, 1.82) is 0 Å². The quantitative estimate of drug-likeness (QED) is 0.511. The number of hydrogen-bond donors (Lipinski definition) is 1. The number of aliphatic hydroxyl groups is 1. The molecule has 1 heteroatoms. The fourth-order valence-corrected chi connectivity index (χ4v) is 2.19. The van der Waals surface area contributed by atoms with Crippen molar-refractivity contribution >= 4 is 0 Å². The molecule has 0 aromatic carbocycles. The number of unbranched alkanes of at least 4 members (excludes halogenated alkanes) is 1. The van der Waals surface area contributed by atoms with Gasteiger partial charge in [0, 0.05) is 0 Å². The minimum atomic E-state index is 0.198. The second-order valence-corrected chi connectivity index (χ2v) is 4.09. The van der Waals surface area contributed by atoms with E-state index in [9.17, 15) is 0 Å². The molecule has 0 aromatic heterocycles. The highest BCUT2D eigenvalue weighted by molar-refractivity contribution is 4.80. The highest BCUT2D eigenvalue weighted by atomic mass is 16.2. The first kappa shape index (κ1) is 10.8.